The van der Waals surface area contributed by atoms with E-state index in [9.17, 15) is 8.42 Å². The topological polar surface area (TPSA) is 82.0 Å². The lowest BCUT2D eigenvalue weighted by Crippen LogP contribution is -2.45. The molecule has 0 unspecified atom stereocenters. The van der Waals surface area contributed by atoms with E-state index in [1.165, 1.54) is 0 Å². The minimum absolute atomic E-state index is 0. The van der Waals surface area contributed by atoms with Crippen LogP contribution in [0.1, 0.15) is 24.0 Å². The predicted octanol–water partition coefficient (Wildman–Crippen LogP) is 1.15. The van der Waals surface area contributed by atoms with E-state index in [0.717, 1.165) is 19.4 Å². The lowest BCUT2D eigenvalue weighted by molar-refractivity contribution is 0.428. The molecule has 7 heteroatoms. The van der Waals surface area contributed by atoms with Crippen molar-refractivity contribution < 1.29 is 8.42 Å². The molecule has 0 saturated carbocycles. The molecule has 2 N–H and O–H groups in total. The van der Waals surface area contributed by atoms with Crippen molar-refractivity contribution in [2.24, 2.45) is 0 Å². The lowest BCUT2D eigenvalue weighted by Gasteiger charge is -2.23. The van der Waals surface area contributed by atoms with Crippen molar-refractivity contribution >= 4 is 22.4 Å². The molecule has 1 atom stereocenters. The van der Waals surface area contributed by atoms with Crippen molar-refractivity contribution in [2.75, 3.05) is 13.1 Å². The minimum Gasteiger partial charge on any atom is -0.315 e. The second-order valence-corrected chi connectivity index (χ2v) is 6.49. The molecular weight excluding hydrogens is 298 g/mol. The van der Waals surface area contributed by atoms with Crippen LogP contribution in [0.15, 0.2) is 24.3 Å². The molecule has 0 aromatic heterocycles. The molecule has 1 aliphatic heterocycles. The number of nitrogens with one attached hydrogen (secondary N) is 2. The average molecular weight is 316 g/mol. The Balaban J connectivity index is 0.00000200. The van der Waals surface area contributed by atoms with Crippen LogP contribution in [0.3, 0.4) is 0 Å². The van der Waals surface area contributed by atoms with Crippen molar-refractivity contribution in [3.8, 4) is 6.07 Å². The molecule has 1 fully saturated rings. The molecular formula is C13H18ClN3O2S. The van der Waals surface area contributed by atoms with E-state index in [1.807, 2.05) is 6.07 Å². The third-order valence-electron chi connectivity index (χ3n) is 3.06. The highest BCUT2D eigenvalue weighted by Crippen LogP contribution is 2.10. The molecule has 5 nitrogen and oxygen atoms in total. The number of nitriles is 1. The van der Waals surface area contributed by atoms with Crippen LogP contribution in [0.2, 0.25) is 0 Å². The number of benzene rings is 1. The molecule has 0 amide bonds. The number of hydrogen-bond acceptors (Lipinski definition) is 4. The van der Waals surface area contributed by atoms with E-state index in [-0.39, 0.29) is 24.2 Å². The fourth-order valence-electron chi connectivity index (χ4n) is 2.20. The van der Waals surface area contributed by atoms with E-state index < -0.39 is 10.0 Å². The van der Waals surface area contributed by atoms with Gasteiger partial charge < -0.3 is 5.32 Å². The summed E-state index contributed by atoms with van der Waals surface area (Å²) in [6.45, 7) is 1.62. The van der Waals surface area contributed by atoms with Crippen molar-refractivity contribution in [2.45, 2.75) is 24.6 Å². The summed E-state index contributed by atoms with van der Waals surface area (Å²) in [5.74, 6) is -0.0843. The summed E-state index contributed by atoms with van der Waals surface area (Å²) in [6.07, 6.45) is 1.85. The van der Waals surface area contributed by atoms with Gasteiger partial charge in [0.05, 0.1) is 17.4 Å². The van der Waals surface area contributed by atoms with Gasteiger partial charge in [-0.3, -0.25) is 0 Å². The number of halogens is 1. The third-order valence-corrected chi connectivity index (χ3v) is 4.46. The molecule has 110 valence electrons. The van der Waals surface area contributed by atoms with Crippen LogP contribution in [-0.2, 0) is 15.8 Å². The quantitative estimate of drug-likeness (QED) is 0.873. The smallest absolute Gasteiger partial charge is 0.216 e. The van der Waals surface area contributed by atoms with Crippen LogP contribution < -0.4 is 10.0 Å². The summed E-state index contributed by atoms with van der Waals surface area (Å²) < 4.78 is 26.8. The Morgan fingerprint density at radius 1 is 1.45 bits per heavy atom. The van der Waals surface area contributed by atoms with Crippen molar-refractivity contribution in [1.82, 2.24) is 10.0 Å². The first-order valence-electron chi connectivity index (χ1n) is 6.29. The van der Waals surface area contributed by atoms with Gasteiger partial charge in [0.25, 0.3) is 0 Å². The highest BCUT2D eigenvalue weighted by atomic mass is 35.5. The summed E-state index contributed by atoms with van der Waals surface area (Å²) in [5, 5.41) is 12.0. The SMILES string of the molecule is Cl.N#Cc1cccc(CS(=O)(=O)N[C@@H]2CCCNC2)c1. The van der Waals surface area contributed by atoms with E-state index in [1.54, 1.807) is 24.3 Å². The van der Waals surface area contributed by atoms with Crippen LogP contribution in [0.5, 0.6) is 0 Å². The standard InChI is InChI=1S/C13H17N3O2S.ClH/c14-8-11-3-1-4-12(7-11)10-19(17,18)16-13-5-2-6-15-9-13;/h1,3-4,7,13,15-16H,2,5-6,9-10H2;1H/t13-;/m1./s1. The van der Waals surface area contributed by atoms with Gasteiger partial charge in [0.2, 0.25) is 10.0 Å². The van der Waals surface area contributed by atoms with Gasteiger partial charge in [-0.1, -0.05) is 12.1 Å². The molecule has 0 radical (unpaired) electrons. The fraction of sp³-hybridized carbons (Fsp3) is 0.462. The van der Waals surface area contributed by atoms with Crippen molar-refractivity contribution in [1.29, 1.82) is 5.26 Å². The average Bonchev–Trinajstić information content (AvgIpc) is 2.39. The number of rotatable bonds is 4. The zero-order chi connectivity index (χ0) is 13.7. The van der Waals surface area contributed by atoms with Gasteiger partial charge in [-0.2, -0.15) is 5.26 Å². The molecule has 0 bridgehead atoms. The zero-order valence-electron chi connectivity index (χ0n) is 11.0. The Morgan fingerprint density at radius 2 is 2.25 bits per heavy atom. The van der Waals surface area contributed by atoms with Crippen LogP contribution in [0.25, 0.3) is 0 Å². The van der Waals surface area contributed by atoms with Gasteiger partial charge >= 0.3 is 0 Å². The summed E-state index contributed by atoms with van der Waals surface area (Å²) in [6, 6.07) is 8.67. The summed E-state index contributed by atoms with van der Waals surface area (Å²) in [5.41, 5.74) is 1.11. The highest BCUT2D eigenvalue weighted by molar-refractivity contribution is 7.88. The third kappa shape index (κ3) is 5.10. The van der Waals surface area contributed by atoms with Gasteiger partial charge in [0.1, 0.15) is 0 Å². The Morgan fingerprint density at radius 3 is 2.90 bits per heavy atom. The Labute approximate surface area is 125 Å². The Bertz CT molecular complexity index is 578. The minimum atomic E-state index is -3.36. The predicted molar refractivity (Wildman–Crippen MR) is 80.1 cm³/mol. The first-order chi connectivity index (χ1) is 9.09. The number of sulfonamides is 1. The number of piperidine rings is 1. The second-order valence-electron chi connectivity index (χ2n) is 4.73. The summed E-state index contributed by atoms with van der Waals surface area (Å²) in [7, 11) is -3.36. The van der Waals surface area contributed by atoms with Gasteiger partial charge in [-0.25, -0.2) is 13.1 Å². The van der Waals surface area contributed by atoms with Crippen molar-refractivity contribution in [3.63, 3.8) is 0 Å². The second kappa shape index (κ2) is 7.60. The molecule has 0 spiro atoms. The van der Waals surface area contributed by atoms with Gasteiger partial charge in [0.15, 0.2) is 0 Å². The monoisotopic (exact) mass is 315 g/mol. The Kier molecular flexibility index (Phi) is 6.43. The molecule has 1 aliphatic rings. The fourth-order valence-corrected chi connectivity index (χ4v) is 3.61. The normalized spacial score (nSPS) is 18.9. The van der Waals surface area contributed by atoms with Gasteiger partial charge in [0, 0.05) is 12.6 Å². The molecule has 20 heavy (non-hydrogen) atoms. The van der Waals surface area contributed by atoms with E-state index in [4.69, 9.17) is 5.26 Å². The maximum atomic E-state index is 12.0. The lowest BCUT2D eigenvalue weighted by atomic mass is 10.1. The van der Waals surface area contributed by atoms with Gasteiger partial charge in [-0.15, -0.1) is 12.4 Å². The van der Waals surface area contributed by atoms with Crippen LogP contribution >= 0.6 is 12.4 Å². The molecule has 2 rings (SSSR count). The zero-order valence-corrected chi connectivity index (χ0v) is 12.6. The van der Waals surface area contributed by atoms with Crippen molar-refractivity contribution in [3.05, 3.63) is 35.4 Å². The first kappa shape index (κ1) is 16.9. The number of hydrogen-bond donors (Lipinski definition) is 2. The van der Waals surface area contributed by atoms with E-state index in [0.29, 0.717) is 17.7 Å². The summed E-state index contributed by atoms with van der Waals surface area (Å²) >= 11 is 0. The van der Waals surface area contributed by atoms with Crippen LogP contribution in [0, 0.1) is 11.3 Å². The summed E-state index contributed by atoms with van der Waals surface area (Å²) in [4.78, 5) is 0. The number of nitrogens with zero attached hydrogens (tertiary/aromatic N) is 1. The maximum absolute atomic E-state index is 12.0. The Hall–Kier alpha value is -1.13. The highest BCUT2D eigenvalue weighted by Gasteiger charge is 2.20. The molecule has 1 saturated heterocycles. The molecule has 1 aromatic rings. The van der Waals surface area contributed by atoms with Crippen LogP contribution in [0.4, 0.5) is 0 Å². The maximum Gasteiger partial charge on any atom is 0.216 e. The first-order valence-corrected chi connectivity index (χ1v) is 7.94. The van der Waals surface area contributed by atoms with E-state index >= 15 is 0 Å². The molecule has 0 aliphatic carbocycles. The molecule has 1 aromatic carbocycles. The largest absolute Gasteiger partial charge is 0.315 e. The van der Waals surface area contributed by atoms with Crippen LogP contribution in [-0.4, -0.2) is 27.5 Å². The molecule has 1 heterocycles. The van der Waals surface area contributed by atoms with Gasteiger partial charge in [-0.05, 0) is 37.1 Å². The van der Waals surface area contributed by atoms with E-state index in [2.05, 4.69) is 10.0 Å².